The van der Waals surface area contributed by atoms with Crippen LogP contribution < -0.4 is 4.90 Å². The Bertz CT molecular complexity index is 1150. The summed E-state index contributed by atoms with van der Waals surface area (Å²) in [6, 6.07) is 16.1. The van der Waals surface area contributed by atoms with Crippen LogP contribution in [0.25, 0.3) is 5.69 Å². The fourth-order valence-corrected chi connectivity index (χ4v) is 5.55. The normalized spacial score (nSPS) is 16.7. The van der Waals surface area contributed by atoms with Crippen molar-refractivity contribution in [2.45, 2.75) is 43.8 Å². The van der Waals surface area contributed by atoms with Gasteiger partial charge in [-0.05, 0) is 60.9 Å². The molecule has 2 aliphatic rings. The highest BCUT2D eigenvalue weighted by molar-refractivity contribution is 7.99. The van der Waals surface area contributed by atoms with Crippen molar-refractivity contribution in [3.05, 3.63) is 72.1 Å². The number of rotatable bonds is 5. The molecule has 0 atom stereocenters. The molecule has 2 aliphatic heterocycles. The van der Waals surface area contributed by atoms with Crippen LogP contribution in [0.3, 0.4) is 0 Å². The van der Waals surface area contributed by atoms with Gasteiger partial charge in [0.1, 0.15) is 0 Å². The molecular formula is C26H28N4O2S. The summed E-state index contributed by atoms with van der Waals surface area (Å²) in [5.74, 6) is 1.21. The minimum Gasteiger partial charge on any atom is -0.338 e. The number of imidazole rings is 1. The minimum absolute atomic E-state index is 0.0548. The van der Waals surface area contributed by atoms with Crippen molar-refractivity contribution in [1.29, 1.82) is 0 Å². The van der Waals surface area contributed by atoms with Crippen molar-refractivity contribution in [2.75, 3.05) is 23.7 Å². The summed E-state index contributed by atoms with van der Waals surface area (Å²) in [6.45, 7) is 3.43. The maximum absolute atomic E-state index is 13.1. The van der Waals surface area contributed by atoms with Crippen LogP contribution in [0, 0.1) is 0 Å². The number of hydrogen-bond donors (Lipinski definition) is 0. The number of hydrogen-bond acceptors (Lipinski definition) is 4. The second kappa shape index (κ2) is 9.43. The molecule has 6 nitrogen and oxygen atoms in total. The molecule has 7 heteroatoms. The Morgan fingerprint density at radius 2 is 1.82 bits per heavy atom. The van der Waals surface area contributed by atoms with Gasteiger partial charge >= 0.3 is 0 Å². The van der Waals surface area contributed by atoms with Crippen LogP contribution in [0.4, 0.5) is 5.69 Å². The van der Waals surface area contributed by atoms with Crippen molar-refractivity contribution in [3.8, 4) is 5.69 Å². The van der Waals surface area contributed by atoms with Gasteiger partial charge in [-0.15, -0.1) is 0 Å². The average molecular weight is 461 g/mol. The SMILES string of the molecule is CCSc1nccn1-c1ccc(C(=O)N2CCC(N3C(=O)CCc4ccccc43)CC2)cc1. The molecular weight excluding hydrogens is 432 g/mol. The molecule has 0 N–H and O–H groups in total. The third kappa shape index (κ3) is 4.29. The van der Waals surface area contributed by atoms with Crippen LogP contribution in [0.1, 0.15) is 42.1 Å². The Hall–Kier alpha value is -3.06. The lowest BCUT2D eigenvalue weighted by molar-refractivity contribution is -0.119. The Kier molecular flexibility index (Phi) is 6.22. The third-order valence-electron chi connectivity index (χ3n) is 6.52. The highest BCUT2D eigenvalue weighted by Crippen LogP contribution is 2.32. The second-order valence-electron chi connectivity index (χ2n) is 8.48. The van der Waals surface area contributed by atoms with Crippen molar-refractivity contribution in [2.24, 2.45) is 0 Å². The number of piperidine rings is 1. The first-order valence-corrected chi connectivity index (χ1v) is 12.6. The summed E-state index contributed by atoms with van der Waals surface area (Å²) in [4.78, 5) is 34.2. The molecule has 2 aromatic carbocycles. The largest absolute Gasteiger partial charge is 0.338 e. The van der Waals surface area contributed by atoms with E-state index in [-0.39, 0.29) is 17.9 Å². The standard InChI is InChI=1S/C26H28N4O2S/c1-2-33-26-27-15-18-29(26)21-10-7-20(8-11-21)25(32)28-16-13-22(14-17-28)30-23-6-4-3-5-19(23)9-12-24(30)31/h3-8,10-11,15,18,22H,2,9,12-14,16-17H2,1H3. The molecule has 1 saturated heterocycles. The molecule has 1 aromatic heterocycles. The van der Waals surface area contributed by atoms with Crippen molar-refractivity contribution < 1.29 is 9.59 Å². The number of carbonyl (C=O) groups is 2. The van der Waals surface area contributed by atoms with E-state index >= 15 is 0 Å². The van der Waals surface area contributed by atoms with E-state index < -0.39 is 0 Å². The number of fused-ring (bicyclic) bond motifs is 1. The number of benzene rings is 2. The molecule has 0 spiro atoms. The lowest BCUT2D eigenvalue weighted by Crippen LogP contribution is -2.50. The van der Waals surface area contributed by atoms with Crippen LogP contribution in [-0.2, 0) is 11.2 Å². The predicted molar refractivity (Wildman–Crippen MR) is 131 cm³/mol. The number of anilines is 1. The summed E-state index contributed by atoms with van der Waals surface area (Å²) in [5, 5.41) is 0.951. The lowest BCUT2D eigenvalue weighted by Gasteiger charge is -2.41. The van der Waals surface area contributed by atoms with Crippen LogP contribution in [0.15, 0.2) is 66.1 Å². The summed E-state index contributed by atoms with van der Waals surface area (Å²) < 4.78 is 2.04. The number of thioether (sulfide) groups is 1. The van der Waals surface area contributed by atoms with Gasteiger partial charge in [0, 0.05) is 54.9 Å². The van der Waals surface area contributed by atoms with Crippen molar-refractivity contribution in [3.63, 3.8) is 0 Å². The average Bonchev–Trinajstić information content (AvgIpc) is 3.32. The van der Waals surface area contributed by atoms with Gasteiger partial charge < -0.3 is 9.80 Å². The van der Waals surface area contributed by atoms with Crippen LogP contribution in [0.5, 0.6) is 0 Å². The Labute approximate surface area is 198 Å². The number of amides is 2. The van der Waals surface area contributed by atoms with Gasteiger partial charge in [-0.3, -0.25) is 14.2 Å². The van der Waals surface area contributed by atoms with E-state index in [0.29, 0.717) is 25.1 Å². The quantitative estimate of drug-likeness (QED) is 0.524. The van der Waals surface area contributed by atoms with Crippen molar-refractivity contribution >= 4 is 29.3 Å². The zero-order valence-corrected chi connectivity index (χ0v) is 19.6. The molecule has 5 rings (SSSR count). The molecule has 0 radical (unpaired) electrons. The zero-order chi connectivity index (χ0) is 22.8. The van der Waals surface area contributed by atoms with Gasteiger partial charge in [-0.2, -0.15) is 0 Å². The lowest BCUT2D eigenvalue weighted by atomic mass is 9.95. The van der Waals surface area contributed by atoms with E-state index in [9.17, 15) is 9.59 Å². The zero-order valence-electron chi connectivity index (χ0n) is 18.8. The number of likely N-dealkylation sites (tertiary alicyclic amines) is 1. The van der Waals surface area contributed by atoms with Gasteiger partial charge in [0.2, 0.25) is 5.91 Å². The van der Waals surface area contributed by atoms with Gasteiger partial charge in [-0.1, -0.05) is 36.9 Å². The number of para-hydroxylation sites is 1. The summed E-state index contributed by atoms with van der Waals surface area (Å²) in [6.07, 6.45) is 6.73. The molecule has 1 fully saturated rings. The van der Waals surface area contributed by atoms with Gasteiger partial charge in [0.05, 0.1) is 0 Å². The highest BCUT2D eigenvalue weighted by atomic mass is 32.2. The summed E-state index contributed by atoms with van der Waals surface area (Å²) in [7, 11) is 0. The number of nitrogens with zero attached hydrogens (tertiary/aromatic N) is 4. The maximum atomic E-state index is 13.1. The smallest absolute Gasteiger partial charge is 0.253 e. The van der Waals surface area contributed by atoms with Crippen LogP contribution >= 0.6 is 11.8 Å². The Morgan fingerprint density at radius 3 is 2.58 bits per heavy atom. The predicted octanol–water partition coefficient (Wildman–Crippen LogP) is 4.57. The Balaban J connectivity index is 1.25. The van der Waals surface area contributed by atoms with Gasteiger partial charge in [0.15, 0.2) is 5.16 Å². The maximum Gasteiger partial charge on any atom is 0.253 e. The van der Waals surface area contributed by atoms with E-state index in [4.69, 9.17) is 0 Å². The highest BCUT2D eigenvalue weighted by Gasteiger charge is 2.33. The molecule has 33 heavy (non-hydrogen) atoms. The molecule has 0 unspecified atom stereocenters. The molecule has 0 aliphatic carbocycles. The minimum atomic E-state index is 0.0548. The Morgan fingerprint density at radius 1 is 1.06 bits per heavy atom. The van der Waals surface area contributed by atoms with E-state index in [2.05, 4.69) is 24.0 Å². The van der Waals surface area contributed by atoms with E-state index in [0.717, 1.165) is 41.5 Å². The van der Waals surface area contributed by atoms with E-state index in [1.807, 2.05) is 57.0 Å². The van der Waals surface area contributed by atoms with Gasteiger partial charge in [0.25, 0.3) is 5.91 Å². The molecule has 2 amide bonds. The topological polar surface area (TPSA) is 58.4 Å². The first kappa shape index (κ1) is 21.8. The molecule has 0 saturated carbocycles. The second-order valence-corrected chi connectivity index (χ2v) is 9.71. The van der Waals surface area contributed by atoms with Crippen molar-refractivity contribution in [1.82, 2.24) is 14.5 Å². The van der Waals surface area contributed by atoms with E-state index in [1.54, 1.807) is 18.0 Å². The fourth-order valence-electron chi connectivity index (χ4n) is 4.85. The monoisotopic (exact) mass is 460 g/mol. The molecule has 170 valence electrons. The fraction of sp³-hybridized carbons (Fsp3) is 0.346. The molecule has 3 aromatic rings. The van der Waals surface area contributed by atoms with Crippen LogP contribution in [0.2, 0.25) is 0 Å². The third-order valence-corrected chi connectivity index (χ3v) is 7.37. The first-order valence-electron chi connectivity index (χ1n) is 11.6. The van der Waals surface area contributed by atoms with Crippen LogP contribution in [-0.4, -0.2) is 51.1 Å². The number of aromatic nitrogens is 2. The first-order chi connectivity index (χ1) is 16.2. The molecule has 0 bridgehead atoms. The number of carbonyl (C=O) groups excluding carboxylic acids is 2. The van der Waals surface area contributed by atoms with Gasteiger partial charge in [-0.25, -0.2) is 4.98 Å². The molecule has 3 heterocycles. The number of aryl methyl sites for hydroxylation is 1. The summed E-state index contributed by atoms with van der Waals surface area (Å²) >= 11 is 1.69. The summed E-state index contributed by atoms with van der Waals surface area (Å²) in [5.41, 5.74) is 3.99. The van der Waals surface area contributed by atoms with E-state index in [1.165, 1.54) is 5.56 Å².